The van der Waals surface area contributed by atoms with Gasteiger partial charge in [-0.25, -0.2) is 0 Å². The molecule has 0 spiro atoms. The summed E-state index contributed by atoms with van der Waals surface area (Å²) in [6.07, 6.45) is -3.02. The molecule has 0 aromatic carbocycles. The second kappa shape index (κ2) is 1.82. The summed E-state index contributed by atoms with van der Waals surface area (Å²) < 4.78 is 42.8. The topological polar surface area (TPSA) is 18.5 Å². The van der Waals surface area contributed by atoms with Gasteiger partial charge in [-0.2, -0.15) is 13.2 Å². The molecular formula is C4H3F3O2. The average molecular weight is 140 g/mol. The summed E-state index contributed by atoms with van der Waals surface area (Å²) in [5.41, 5.74) is 0. The predicted molar refractivity (Wildman–Crippen MR) is 21.2 cm³/mol. The molecule has 1 rings (SSSR count). The van der Waals surface area contributed by atoms with E-state index < -0.39 is 18.7 Å². The van der Waals surface area contributed by atoms with Crippen LogP contribution in [0.3, 0.4) is 0 Å². The highest BCUT2D eigenvalue weighted by Crippen LogP contribution is 2.24. The standard InChI is InChI=1S/C4H3F3O2/c5-3-1-8-2-4(6,7)9-3/h1H,2H2. The van der Waals surface area contributed by atoms with E-state index in [1.165, 1.54) is 0 Å². The monoisotopic (exact) mass is 140 g/mol. The molecule has 1 aliphatic heterocycles. The SMILES string of the molecule is FC1=COCC(F)(F)O1. The second-order valence-electron chi connectivity index (χ2n) is 1.47. The highest BCUT2D eigenvalue weighted by molar-refractivity contribution is 4.80. The van der Waals surface area contributed by atoms with E-state index in [-0.39, 0.29) is 0 Å². The molecule has 2 nitrogen and oxygen atoms in total. The van der Waals surface area contributed by atoms with Gasteiger partial charge < -0.3 is 9.47 Å². The van der Waals surface area contributed by atoms with Crippen LogP contribution >= 0.6 is 0 Å². The van der Waals surface area contributed by atoms with E-state index >= 15 is 0 Å². The maximum absolute atomic E-state index is 11.8. The maximum Gasteiger partial charge on any atom is 0.434 e. The maximum atomic E-state index is 11.8. The van der Waals surface area contributed by atoms with Crippen LogP contribution in [-0.2, 0) is 9.47 Å². The van der Waals surface area contributed by atoms with Gasteiger partial charge in [-0.3, -0.25) is 0 Å². The van der Waals surface area contributed by atoms with E-state index in [2.05, 4.69) is 9.47 Å². The summed E-state index contributed by atoms with van der Waals surface area (Å²) in [5, 5.41) is 0. The van der Waals surface area contributed by atoms with Crippen molar-refractivity contribution in [2.24, 2.45) is 0 Å². The summed E-state index contributed by atoms with van der Waals surface area (Å²) >= 11 is 0. The summed E-state index contributed by atoms with van der Waals surface area (Å²) in [5.74, 6) is 0. The molecule has 0 amide bonds. The van der Waals surface area contributed by atoms with Gasteiger partial charge >= 0.3 is 12.1 Å². The molecule has 0 atom stereocenters. The first-order valence-electron chi connectivity index (χ1n) is 2.14. The van der Waals surface area contributed by atoms with Crippen LogP contribution in [0.1, 0.15) is 0 Å². The molecule has 9 heavy (non-hydrogen) atoms. The lowest BCUT2D eigenvalue weighted by Gasteiger charge is -2.19. The fraction of sp³-hybridized carbons (Fsp3) is 0.500. The summed E-state index contributed by atoms with van der Waals surface area (Å²) in [6, 6.07) is -1.40. The Hall–Kier alpha value is -0.870. The Morgan fingerprint density at radius 3 is 2.56 bits per heavy atom. The Morgan fingerprint density at radius 2 is 2.22 bits per heavy atom. The van der Waals surface area contributed by atoms with Crippen molar-refractivity contribution in [2.75, 3.05) is 6.61 Å². The molecule has 0 unspecified atom stereocenters. The van der Waals surface area contributed by atoms with Gasteiger partial charge in [-0.05, 0) is 0 Å². The molecule has 0 aromatic rings. The molecule has 1 aliphatic rings. The molecule has 5 heteroatoms. The van der Waals surface area contributed by atoms with Gasteiger partial charge in [0.1, 0.15) is 0 Å². The molecule has 0 aromatic heterocycles. The van der Waals surface area contributed by atoms with Crippen LogP contribution in [-0.4, -0.2) is 12.7 Å². The first kappa shape index (κ1) is 6.25. The second-order valence-corrected chi connectivity index (χ2v) is 1.47. The lowest BCUT2D eigenvalue weighted by atomic mass is 10.6. The minimum atomic E-state index is -3.52. The number of rotatable bonds is 0. The Balaban J connectivity index is 2.59. The first-order valence-corrected chi connectivity index (χ1v) is 2.14. The van der Waals surface area contributed by atoms with Gasteiger partial charge in [0.25, 0.3) is 0 Å². The number of halogens is 3. The zero-order valence-corrected chi connectivity index (χ0v) is 4.23. The van der Waals surface area contributed by atoms with E-state index in [4.69, 9.17) is 0 Å². The summed E-state index contributed by atoms with van der Waals surface area (Å²) in [7, 11) is 0. The van der Waals surface area contributed by atoms with Gasteiger partial charge in [0.05, 0.1) is 0 Å². The molecule has 1 heterocycles. The van der Waals surface area contributed by atoms with Crippen molar-refractivity contribution in [3.63, 3.8) is 0 Å². The lowest BCUT2D eigenvalue weighted by Crippen LogP contribution is -2.28. The number of ether oxygens (including phenoxy) is 2. The third-order valence-electron chi connectivity index (χ3n) is 0.674. The Kier molecular flexibility index (Phi) is 1.27. The molecule has 0 bridgehead atoms. The van der Waals surface area contributed by atoms with Crippen molar-refractivity contribution in [3.8, 4) is 0 Å². The third kappa shape index (κ3) is 1.51. The molecule has 0 N–H and O–H groups in total. The van der Waals surface area contributed by atoms with Gasteiger partial charge in [-0.15, -0.1) is 0 Å². The molecule has 0 saturated carbocycles. The Labute approximate surface area is 48.9 Å². The first-order chi connectivity index (χ1) is 4.10. The summed E-state index contributed by atoms with van der Waals surface area (Å²) in [6.45, 7) is -0.930. The largest absolute Gasteiger partial charge is 0.484 e. The van der Waals surface area contributed by atoms with Gasteiger partial charge in [0.15, 0.2) is 12.9 Å². The molecule has 0 saturated heterocycles. The highest BCUT2D eigenvalue weighted by atomic mass is 19.3. The van der Waals surface area contributed by atoms with Crippen LogP contribution in [0, 0.1) is 0 Å². The van der Waals surface area contributed by atoms with E-state index in [0.717, 1.165) is 0 Å². The minimum absolute atomic E-state index is 0.497. The Bertz CT molecular complexity index is 143. The van der Waals surface area contributed by atoms with Crippen molar-refractivity contribution in [1.29, 1.82) is 0 Å². The van der Waals surface area contributed by atoms with Crippen LogP contribution in [0.15, 0.2) is 12.3 Å². The molecule has 0 radical (unpaired) electrons. The normalized spacial score (nSPS) is 23.7. The quantitative estimate of drug-likeness (QED) is 0.506. The zero-order valence-electron chi connectivity index (χ0n) is 4.23. The van der Waals surface area contributed by atoms with Gasteiger partial charge in [-0.1, -0.05) is 0 Å². The Morgan fingerprint density at radius 1 is 1.56 bits per heavy atom. The van der Waals surface area contributed by atoms with E-state index in [9.17, 15) is 13.2 Å². The molecular weight excluding hydrogens is 137 g/mol. The zero-order chi connectivity index (χ0) is 6.91. The van der Waals surface area contributed by atoms with Crippen molar-refractivity contribution in [1.82, 2.24) is 0 Å². The lowest BCUT2D eigenvalue weighted by molar-refractivity contribution is -0.262. The fourth-order valence-electron chi connectivity index (χ4n) is 0.400. The van der Waals surface area contributed by atoms with Crippen molar-refractivity contribution in [2.45, 2.75) is 6.11 Å². The van der Waals surface area contributed by atoms with Crippen molar-refractivity contribution >= 4 is 0 Å². The minimum Gasteiger partial charge on any atom is -0.484 e. The van der Waals surface area contributed by atoms with Crippen LogP contribution in [0.5, 0.6) is 0 Å². The number of alkyl halides is 2. The van der Waals surface area contributed by atoms with Crippen molar-refractivity contribution < 1.29 is 22.6 Å². The van der Waals surface area contributed by atoms with E-state index in [1.807, 2.05) is 0 Å². The smallest absolute Gasteiger partial charge is 0.434 e. The molecule has 0 aliphatic carbocycles. The van der Waals surface area contributed by atoms with Crippen molar-refractivity contribution in [3.05, 3.63) is 12.3 Å². The average Bonchev–Trinajstić information content (AvgIpc) is 1.60. The fourth-order valence-corrected chi connectivity index (χ4v) is 0.400. The number of hydrogen-bond donors (Lipinski definition) is 0. The van der Waals surface area contributed by atoms with Crippen LogP contribution in [0.25, 0.3) is 0 Å². The highest BCUT2D eigenvalue weighted by Gasteiger charge is 2.36. The predicted octanol–water partition coefficient (Wildman–Crippen LogP) is 1.39. The van der Waals surface area contributed by atoms with Gasteiger partial charge in [0, 0.05) is 0 Å². The third-order valence-corrected chi connectivity index (χ3v) is 0.674. The number of hydrogen-bond acceptors (Lipinski definition) is 2. The van der Waals surface area contributed by atoms with Crippen LogP contribution in [0.2, 0.25) is 0 Å². The van der Waals surface area contributed by atoms with Crippen LogP contribution in [0.4, 0.5) is 13.2 Å². The molecule has 52 valence electrons. The van der Waals surface area contributed by atoms with Gasteiger partial charge in [0.2, 0.25) is 0 Å². The van der Waals surface area contributed by atoms with E-state index in [0.29, 0.717) is 6.26 Å². The van der Waals surface area contributed by atoms with E-state index in [1.54, 1.807) is 0 Å². The van der Waals surface area contributed by atoms with Crippen LogP contribution < -0.4 is 0 Å². The molecule has 0 fully saturated rings. The summed E-state index contributed by atoms with van der Waals surface area (Å²) in [4.78, 5) is 0.